The number of alkyl halides is 2. The summed E-state index contributed by atoms with van der Waals surface area (Å²) >= 11 is 5.81. The number of rotatable bonds is 5. The Kier molecular flexibility index (Phi) is 6.92. The molecule has 16 heteroatoms. The largest absolute Gasteiger partial charge is 0.393 e. The zero-order valence-electron chi connectivity index (χ0n) is 22.1. The summed E-state index contributed by atoms with van der Waals surface area (Å²) < 4.78 is 30.3. The zero-order chi connectivity index (χ0) is 28.4. The molecule has 0 aromatic heterocycles. The van der Waals surface area contributed by atoms with Gasteiger partial charge in [-0.2, -0.15) is 8.78 Å². The van der Waals surface area contributed by atoms with Gasteiger partial charge in [-0.05, 0) is 39.9 Å². The maximum atomic E-state index is 15.1. The number of imide groups is 1. The van der Waals surface area contributed by atoms with Gasteiger partial charge >= 0.3 is 5.92 Å². The van der Waals surface area contributed by atoms with Crippen molar-refractivity contribution in [1.29, 1.82) is 0 Å². The third-order valence-corrected chi connectivity index (χ3v) is 8.11. The van der Waals surface area contributed by atoms with Crippen molar-refractivity contribution >= 4 is 82.6 Å². The summed E-state index contributed by atoms with van der Waals surface area (Å²) in [5, 5.41) is -1.64. The number of hydrogen-bond acceptors (Lipinski definition) is 4. The Hall–Kier alpha value is -2.94. The molecule has 4 amide bonds. The van der Waals surface area contributed by atoms with Gasteiger partial charge in [-0.25, -0.2) is 0 Å². The van der Waals surface area contributed by atoms with Gasteiger partial charge in [0.05, 0.1) is 0 Å². The smallest absolute Gasteiger partial charge is 0.348 e. The lowest BCUT2D eigenvalue weighted by Gasteiger charge is -2.45. The van der Waals surface area contributed by atoms with E-state index in [9.17, 15) is 19.2 Å². The normalized spacial score (nSPS) is 19.4. The first-order chi connectivity index (χ1) is 17.5. The van der Waals surface area contributed by atoms with Gasteiger partial charge in [0.1, 0.15) is 37.4 Å². The molecule has 0 saturated carbocycles. The van der Waals surface area contributed by atoms with E-state index in [1.807, 2.05) is 0 Å². The molecule has 38 heavy (non-hydrogen) atoms. The van der Waals surface area contributed by atoms with E-state index in [-0.39, 0.29) is 29.8 Å². The average Bonchev–Trinajstić information content (AvgIpc) is 3.16. The molecule has 2 heterocycles. The van der Waals surface area contributed by atoms with Crippen LogP contribution < -0.4 is 0 Å². The van der Waals surface area contributed by atoms with E-state index in [2.05, 4.69) is 0 Å². The van der Waals surface area contributed by atoms with Crippen molar-refractivity contribution in [1.82, 2.24) is 14.5 Å². The van der Waals surface area contributed by atoms with E-state index in [1.165, 1.54) is 33.0 Å². The van der Waals surface area contributed by atoms with Crippen molar-refractivity contribution in [3.8, 4) is 0 Å². The van der Waals surface area contributed by atoms with Crippen LogP contribution in [0.15, 0.2) is 42.5 Å². The second kappa shape index (κ2) is 9.36. The first-order valence-corrected chi connectivity index (χ1v) is 12.5. The lowest BCUT2D eigenvalue weighted by atomic mass is 9.47. The third kappa shape index (κ3) is 4.48. The molecule has 0 spiro atoms. The van der Waals surface area contributed by atoms with E-state index in [0.717, 1.165) is 21.8 Å². The molecule has 0 N–H and O–H groups in total. The van der Waals surface area contributed by atoms with Gasteiger partial charge in [-0.15, -0.1) is 0 Å². The highest BCUT2D eigenvalue weighted by Crippen LogP contribution is 2.41. The molecular weight excluding hydrogens is 509 g/mol. The SMILES string of the molecule is BN1C(=O)CC(B)(B)C(N2Cc3cc(C(B)(B)N(B)C(=O)C(F)(F)c4ccc(Cl)cc4)ccc3C2=O)C1=O. The molecule has 0 radical (unpaired) electrons. The molecule has 4 rings (SSSR count). The van der Waals surface area contributed by atoms with E-state index >= 15 is 8.78 Å². The van der Waals surface area contributed by atoms with E-state index < -0.39 is 39.9 Å². The molecule has 2 aromatic carbocycles. The van der Waals surface area contributed by atoms with Crippen molar-refractivity contribution in [3.05, 3.63) is 69.7 Å². The first-order valence-electron chi connectivity index (χ1n) is 12.2. The van der Waals surface area contributed by atoms with Gasteiger partial charge in [0, 0.05) is 29.1 Å². The van der Waals surface area contributed by atoms with Crippen molar-refractivity contribution in [2.45, 2.75) is 35.5 Å². The standard InChI is InChI=1S/C22H24B6ClF2N3O4/c23-20(24)8-15(35)33(27)18(37)16(20)32-9-10-7-12(3-6-14(10)17(32)36)22(25,26)34(28)19(38)21(30,31)11-1-4-13(29)5-2-11/h1-7,16H,8-9,23-28H2. The number of benzene rings is 2. The van der Waals surface area contributed by atoms with Crippen LogP contribution >= 0.6 is 11.6 Å². The Labute approximate surface area is 230 Å². The highest BCUT2D eigenvalue weighted by Gasteiger charge is 2.51. The number of carbonyl (C=O) groups is 4. The van der Waals surface area contributed by atoms with Crippen LogP contribution in [0.4, 0.5) is 8.78 Å². The van der Waals surface area contributed by atoms with Gasteiger partial charge in [-0.1, -0.05) is 35.9 Å². The Morgan fingerprint density at radius 2 is 1.63 bits per heavy atom. The van der Waals surface area contributed by atoms with E-state index in [4.69, 9.17) is 11.6 Å². The van der Waals surface area contributed by atoms with Gasteiger partial charge in [0.25, 0.3) is 11.8 Å². The molecule has 1 unspecified atom stereocenters. The predicted octanol–water partition coefficient (Wildman–Crippen LogP) is -3.10. The maximum absolute atomic E-state index is 15.1. The van der Waals surface area contributed by atoms with E-state index in [0.29, 0.717) is 16.7 Å². The van der Waals surface area contributed by atoms with Crippen LogP contribution in [0.5, 0.6) is 0 Å². The molecule has 0 bridgehead atoms. The minimum atomic E-state index is -3.78. The molecule has 7 nitrogen and oxygen atoms in total. The van der Waals surface area contributed by atoms with Crippen LogP contribution in [0.2, 0.25) is 10.2 Å². The Morgan fingerprint density at radius 1 is 1.05 bits per heavy atom. The average molecular weight is 533 g/mol. The number of fused-ring (bicyclic) bond motifs is 1. The highest BCUT2D eigenvalue weighted by molar-refractivity contribution is 6.46. The van der Waals surface area contributed by atoms with Gasteiger partial charge < -0.3 is 14.5 Å². The summed E-state index contributed by atoms with van der Waals surface area (Å²) in [5.74, 6) is -6.24. The molecule has 2 aliphatic heterocycles. The molecule has 1 fully saturated rings. The van der Waals surface area contributed by atoms with Crippen LogP contribution in [-0.4, -0.2) is 91.5 Å². The van der Waals surface area contributed by atoms with Gasteiger partial charge in [0.15, 0.2) is 0 Å². The predicted molar refractivity (Wildman–Crippen MR) is 154 cm³/mol. The van der Waals surface area contributed by atoms with Crippen molar-refractivity contribution < 1.29 is 28.0 Å². The maximum Gasteiger partial charge on any atom is 0.348 e. The number of nitrogens with zero attached hydrogens (tertiary/aromatic N) is 3. The van der Waals surface area contributed by atoms with Gasteiger partial charge in [-0.3, -0.25) is 19.2 Å². The third-order valence-electron chi connectivity index (χ3n) is 7.86. The summed E-state index contributed by atoms with van der Waals surface area (Å²) in [7, 11) is 9.58. The molecule has 2 aliphatic rings. The van der Waals surface area contributed by atoms with E-state index in [1.54, 1.807) is 49.6 Å². The minimum Gasteiger partial charge on any atom is -0.393 e. The second-order valence-electron chi connectivity index (χ2n) is 11.2. The van der Waals surface area contributed by atoms with Crippen molar-refractivity contribution in [2.75, 3.05) is 0 Å². The van der Waals surface area contributed by atoms with Crippen molar-refractivity contribution in [3.63, 3.8) is 0 Å². The van der Waals surface area contributed by atoms with Crippen LogP contribution in [0.3, 0.4) is 0 Å². The minimum absolute atomic E-state index is 0.118. The number of carbonyl (C=O) groups excluding carboxylic acids is 4. The van der Waals surface area contributed by atoms with Crippen LogP contribution in [-0.2, 0) is 32.2 Å². The molecule has 0 aliphatic carbocycles. The number of halogens is 3. The van der Waals surface area contributed by atoms with Crippen molar-refractivity contribution in [2.24, 2.45) is 0 Å². The monoisotopic (exact) mass is 533 g/mol. The fourth-order valence-electron chi connectivity index (χ4n) is 5.17. The molecule has 2 aromatic rings. The second-order valence-corrected chi connectivity index (χ2v) is 11.6. The topological polar surface area (TPSA) is 78.0 Å². The summed E-state index contributed by atoms with van der Waals surface area (Å²) in [6.45, 7) is 0.124. The summed E-state index contributed by atoms with van der Waals surface area (Å²) in [5.41, 5.74) is 1.10. The number of hydrogen-bond donors (Lipinski definition) is 0. The fraction of sp³-hybridized carbons (Fsp3) is 0.273. The van der Waals surface area contributed by atoms with Crippen LogP contribution in [0, 0.1) is 0 Å². The Morgan fingerprint density at radius 3 is 2.24 bits per heavy atom. The zero-order valence-corrected chi connectivity index (χ0v) is 22.9. The van der Waals surface area contributed by atoms with Crippen LogP contribution in [0.1, 0.15) is 33.5 Å². The van der Waals surface area contributed by atoms with Gasteiger partial charge in [0.2, 0.25) is 27.8 Å². The summed E-state index contributed by atoms with van der Waals surface area (Å²) in [6.07, 6.45) is 0.118. The Balaban J connectivity index is 1.62. The molecule has 1 saturated heterocycles. The summed E-state index contributed by atoms with van der Waals surface area (Å²) in [4.78, 5) is 55.1. The quantitative estimate of drug-likeness (QED) is 0.302. The highest BCUT2D eigenvalue weighted by atomic mass is 35.5. The lowest BCUT2D eigenvalue weighted by Crippen LogP contribution is -2.60. The lowest BCUT2D eigenvalue weighted by molar-refractivity contribution is -0.155. The number of piperidine rings is 1. The first kappa shape index (κ1) is 28.1. The number of amides is 4. The molecular formula is C22H24B6ClF2N3O4. The molecule has 1 atom stereocenters. The Bertz CT molecular complexity index is 1360. The molecule has 190 valence electrons. The summed E-state index contributed by atoms with van der Waals surface area (Å²) in [6, 6.07) is 8.96. The van der Waals surface area contributed by atoms with Crippen LogP contribution in [0.25, 0.3) is 0 Å². The fourth-order valence-corrected chi connectivity index (χ4v) is 5.30.